The van der Waals surface area contributed by atoms with Gasteiger partial charge in [0.15, 0.2) is 11.5 Å². The first-order valence-electron chi connectivity index (χ1n) is 6.03. The molecule has 1 aliphatic heterocycles. The zero-order chi connectivity index (χ0) is 13.4. The summed E-state index contributed by atoms with van der Waals surface area (Å²) < 4.78 is 23.4. The molecule has 3 rings (SSSR count). The van der Waals surface area contributed by atoms with E-state index in [4.69, 9.17) is 9.47 Å². The minimum atomic E-state index is -0.272. The molecule has 0 bridgehead atoms. The molecule has 0 aliphatic carbocycles. The second-order valence-electron chi connectivity index (χ2n) is 4.54. The zero-order valence-corrected chi connectivity index (χ0v) is 10.4. The minimum absolute atomic E-state index is 0.0601. The molecule has 3 nitrogen and oxygen atoms in total. The Bertz CT molecular complexity index is 608. The van der Waals surface area contributed by atoms with Crippen molar-refractivity contribution >= 4 is 0 Å². The fraction of sp³-hybridized carbons (Fsp3) is 0.200. The van der Waals surface area contributed by atoms with Gasteiger partial charge in [-0.1, -0.05) is 19.1 Å². The first kappa shape index (κ1) is 11.8. The van der Waals surface area contributed by atoms with Gasteiger partial charge in [0, 0.05) is 17.5 Å². The normalized spacial score (nSPS) is 14.4. The Morgan fingerprint density at radius 2 is 1.74 bits per heavy atom. The van der Waals surface area contributed by atoms with E-state index in [1.165, 1.54) is 12.1 Å². The fourth-order valence-corrected chi connectivity index (χ4v) is 2.22. The summed E-state index contributed by atoms with van der Waals surface area (Å²) >= 11 is 0. The van der Waals surface area contributed by atoms with Crippen molar-refractivity contribution in [3.63, 3.8) is 0 Å². The summed E-state index contributed by atoms with van der Waals surface area (Å²) in [4.78, 5) is 0. The molecule has 98 valence electrons. The fourth-order valence-electron chi connectivity index (χ4n) is 2.22. The topological polar surface area (TPSA) is 38.7 Å². The van der Waals surface area contributed by atoms with Gasteiger partial charge >= 0.3 is 0 Å². The summed E-state index contributed by atoms with van der Waals surface area (Å²) in [5.41, 5.74) is 1.66. The van der Waals surface area contributed by atoms with Crippen molar-refractivity contribution in [2.24, 2.45) is 0 Å². The standard InChI is InChI=1S/C15H13FO3/c1-9(10-2-4-11(16)5-3-10)12-6-14-15(7-13(12)17)19-8-18-14/h2-7,9,17H,8H2,1H3. The molecule has 1 heterocycles. The van der Waals surface area contributed by atoms with E-state index in [1.807, 2.05) is 6.92 Å². The average Bonchev–Trinajstić information content (AvgIpc) is 2.85. The number of benzene rings is 2. The summed E-state index contributed by atoms with van der Waals surface area (Å²) in [6.45, 7) is 2.12. The SMILES string of the molecule is CC(c1ccc(F)cc1)c1cc2c(cc1O)OCO2. The summed E-state index contributed by atoms with van der Waals surface area (Å²) in [6, 6.07) is 9.57. The molecule has 4 heteroatoms. The van der Waals surface area contributed by atoms with Crippen molar-refractivity contribution in [2.45, 2.75) is 12.8 Å². The van der Waals surface area contributed by atoms with Crippen LogP contribution < -0.4 is 9.47 Å². The molecule has 0 saturated heterocycles. The van der Waals surface area contributed by atoms with E-state index in [0.717, 1.165) is 11.1 Å². The monoisotopic (exact) mass is 260 g/mol. The van der Waals surface area contributed by atoms with Crippen molar-refractivity contribution < 1.29 is 19.0 Å². The third-order valence-electron chi connectivity index (χ3n) is 3.36. The highest BCUT2D eigenvalue weighted by Crippen LogP contribution is 2.41. The largest absolute Gasteiger partial charge is 0.508 e. The number of fused-ring (bicyclic) bond motifs is 1. The van der Waals surface area contributed by atoms with Gasteiger partial charge in [-0.2, -0.15) is 0 Å². The van der Waals surface area contributed by atoms with Gasteiger partial charge in [0.25, 0.3) is 0 Å². The van der Waals surface area contributed by atoms with Gasteiger partial charge in [-0.25, -0.2) is 4.39 Å². The maximum absolute atomic E-state index is 12.9. The van der Waals surface area contributed by atoms with Gasteiger partial charge < -0.3 is 14.6 Å². The Balaban J connectivity index is 1.99. The Labute approximate surface area is 110 Å². The molecule has 1 aliphatic rings. The summed E-state index contributed by atoms with van der Waals surface area (Å²) in [5.74, 6) is 0.997. The van der Waals surface area contributed by atoms with Gasteiger partial charge in [0.05, 0.1) is 0 Å². The van der Waals surface area contributed by atoms with Crippen molar-refractivity contribution in [3.05, 3.63) is 53.3 Å². The lowest BCUT2D eigenvalue weighted by molar-refractivity contribution is 0.174. The molecule has 19 heavy (non-hydrogen) atoms. The van der Waals surface area contributed by atoms with Crippen LogP contribution in [0, 0.1) is 5.82 Å². The van der Waals surface area contributed by atoms with E-state index in [-0.39, 0.29) is 24.3 Å². The van der Waals surface area contributed by atoms with Gasteiger partial charge in [-0.15, -0.1) is 0 Å². The highest BCUT2D eigenvalue weighted by Gasteiger charge is 2.20. The van der Waals surface area contributed by atoms with Crippen LogP contribution in [-0.2, 0) is 0 Å². The number of rotatable bonds is 2. The van der Waals surface area contributed by atoms with Gasteiger partial charge in [-0.05, 0) is 23.8 Å². The second kappa shape index (κ2) is 4.46. The Kier molecular flexibility index (Phi) is 2.78. The third kappa shape index (κ3) is 2.10. The number of hydrogen-bond donors (Lipinski definition) is 1. The molecule has 2 aromatic rings. The molecule has 0 fully saturated rings. The highest BCUT2D eigenvalue weighted by atomic mass is 19.1. The van der Waals surface area contributed by atoms with Crippen LogP contribution in [0.2, 0.25) is 0 Å². The number of phenolic OH excluding ortho intramolecular Hbond substituents is 1. The number of aromatic hydroxyl groups is 1. The maximum atomic E-state index is 12.9. The van der Waals surface area contributed by atoms with Crippen LogP contribution in [0.25, 0.3) is 0 Å². The van der Waals surface area contributed by atoms with E-state index in [0.29, 0.717) is 11.5 Å². The van der Waals surface area contributed by atoms with Crippen LogP contribution in [0.5, 0.6) is 17.2 Å². The van der Waals surface area contributed by atoms with Gasteiger partial charge in [0.2, 0.25) is 6.79 Å². The van der Waals surface area contributed by atoms with E-state index < -0.39 is 0 Å². The summed E-state index contributed by atoms with van der Waals surface area (Å²) in [7, 11) is 0. The quantitative estimate of drug-likeness (QED) is 0.899. The molecule has 0 radical (unpaired) electrons. The first-order valence-corrected chi connectivity index (χ1v) is 6.03. The molecule has 0 amide bonds. The van der Waals surface area contributed by atoms with Crippen LogP contribution in [0.1, 0.15) is 24.0 Å². The Hall–Kier alpha value is -2.23. The van der Waals surface area contributed by atoms with Gasteiger partial charge in [-0.3, -0.25) is 0 Å². The molecular formula is C15H13FO3. The van der Waals surface area contributed by atoms with Crippen LogP contribution >= 0.6 is 0 Å². The lowest BCUT2D eigenvalue weighted by atomic mass is 9.92. The summed E-state index contributed by atoms with van der Waals surface area (Å²) in [6.07, 6.45) is 0. The van der Waals surface area contributed by atoms with Crippen molar-refractivity contribution in [2.75, 3.05) is 6.79 Å². The van der Waals surface area contributed by atoms with Crippen molar-refractivity contribution in [1.29, 1.82) is 0 Å². The molecule has 1 atom stereocenters. The van der Waals surface area contributed by atoms with Crippen LogP contribution in [0.15, 0.2) is 36.4 Å². The first-order chi connectivity index (χ1) is 9.15. The Morgan fingerprint density at radius 1 is 1.11 bits per heavy atom. The number of halogens is 1. The van der Waals surface area contributed by atoms with Crippen LogP contribution in [0.3, 0.4) is 0 Å². The summed E-state index contributed by atoms with van der Waals surface area (Å²) in [5, 5.41) is 10.1. The smallest absolute Gasteiger partial charge is 0.231 e. The average molecular weight is 260 g/mol. The van der Waals surface area contributed by atoms with E-state index in [1.54, 1.807) is 24.3 Å². The molecule has 0 spiro atoms. The minimum Gasteiger partial charge on any atom is -0.508 e. The lowest BCUT2D eigenvalue weighted by Crippen LogP contribution is -1.97. The molecule has 2 aromatic carbocycles. The predicted octanol–water partition coefficient (Wildman–Crippen LogP) is 3.41. The Morgan fingerprint density at radius 3 is 2.42 bits per heavy atom. The number of ether oxygens (including phenoxy) is 2. The lowest BCUT2D eigenvalue weighted by Gasteiger charge is -2.14. The molecule has 0 saturated carbocycles. The highest BCUT2D eigenvalue weighted by molar-refractivity contribution is 5.54. The van der Waals surface area contributed by atoms with E-state index in [2.05, 4.69) is 0 Å². The molecule has 1 unspecified atom stereocenters. The zero-order valence-electron chi connectivity index (χ0n) is 10.4. The van der Waals surface area contributed by atoms with Crippen LogP contribution in [0.4, 0.5) is 4.39 Å². The van der Waals surface area contributed by atoms with Crippen molar-refractivity contribution in [3.8, 4) is 17.2 Å². The van der Waals surface area contributed by atoms with E-state index >= 15 is 0 Å². The van der Waals surface area contributed by atoms with E-state index in [9.17, 15) is 9.50 Å². The molecular weight excluding hydrogens is 247 g/mol. The second-order valence-corrected chi connectivity index (χ2v) is 4.54. The molecule has 1 N–H and O–H groups in total. The molecule has 0 aromatic heterocycles. The number of phenols is 1. The van der Waals surface area contributed by atoms with Crippen molar-refractivity contribution in [1.82, 2.24) is 0 Å². The maximum Gasteiger partial charge on any atom is 0.231 e. The van der Waals surface area contributed by atoms with Crippen LogP contribution in [-0.4, -0.2) is 11.9 Å². The third-order valence-corrected chi connectivity index (χ3v) is 3.36. The number of hydrogen-bond acceptors (Lipinski definition) is 3. The predicted molar refractivity (Wildman–Crippen MR) is 68.1 cm³/mol. The van der Waals surface area contributed by atoms with Gasteiger partial charge in [0.1, 0.15) is 11.6 Å².